The predicted octanol–water partition coefficient (Wildman–Crippen LogP) is 2.52. The van der Waals surface area contributed by atoms with Crippen LogP contribution in [0.2, 0.25) is 0 Å². The van der Waals surface area contributed by atoms with Crippen molar-refractivity contribution in [2.45, 2.75) is 45.4 Å². The number of nitrogens with zero attached hydrogens (tertiary/aromatic N) is 2. The first-order valence-corrected chi connectivity index (χ1v) is 7.83. The third-order valence-electron chi connectivity index (χ3n) is 4.50. The number of hydrogen-bond donors (Lipinski definition) is 0. The third-order valence-corrected chi connectivity index (χ3v) is 4.50. The summed E-state index contributed by atoms with van der Waals surface area (Å²) in [6.45, 7) is 6.99. The van der Waals surface area contributed by atoms with Crippen LogP contribution in [0, 0.1) is 0 Å². The summed E-state index contributed by atoms with van der Waals surface area (Å²) in [6.07, 6.45) is 2.39. The number of amides is 1. The summed E-state index contributed by atoms with van der Waals surface area (Å²) in [5.41, 5.74) is 1.93. The molecule has 2 aliphatic heterocycles. The van der Waals surface area contributed by atoms with E-state index in [9.17, 15) is 4.79 Å². The van der Waals surface area contributed by atoms with Crippen LogP contribution in [0.25, 0.3) is 0 Å². The van der Waals surface area contributed by atoms with E-state index in [-0.39, 0.29) is 18.1 Å². The van der Waals surface area contributed by atoms with E-state index in [1.165, 1.54) is 0 Å². The molecule has 114 valence electrons. The highest BCUT2D eigenvalue weighted by molar-refractivity contribution is 5.98. The van der Waals surface area contributed by atoms with Crippen molar-refractivity contribution in [1.29, 1.82) is 0 Å². The van der Waals surface area contributed by atoms with Crippen molar-refractivity contribution in [3.8, 4) is 5.75 Å². The molecule has 0 spiro atoms. The lowest BCUT2D eigenvalue weighted by Gasteiger charge is -2.29. The van der Waals surface area contributed by atoms with Gasteiger partial charge < -0.3 is 14.5 Å². The average molecular weight is 288 g/mol. The topological polar surface area (TPSA) is 32.8 Å². The Kier molecular flexibility index (Phi) is 3.89. The monoisotopic (exact) mass is 288 g/mol. The number of fused-ring (bicyclic) bond motifs is 1. The fourth-order valence-electron chi connectivity index (χ4n) is 3.09. The van der Waals surface area contributed by atoms with Crippen molar-refractivity contribution in [1.82, 2.24) is 9.80 Å². The fraction of sp³-hybridized carbons (Fsp3) is 0.588. The minimum absolute atomic E-state index is 0.133. The third kappa shape index (κ3) is 2.91. The number of carbonyl (C=O) groups excluding carboxylic acids is 1. The fourth-order valence-corrected chi connectivity index (χ4v) is 3.09. The Morgan fingerprint density at radius 1 is 1.24 bits per heavy atom. The van der Waals surface area contributed by atoms with E-state index >= 15 is 0 Å². The van der Waals surface area contributed by atoms with Crippen molar-refractivity contribution < 1.29 is 9.53 Å². The molecule has 0 bridgehead atoms. The van der Waals surface area contributed by atoms with Gasteiger partial charge in [0.2, 0.25) is 0 Å². The Labute approximate surface area is 126 Å². The SMILES string of the molecule is CC(C)N1Cc2ccc(OC3CCN(C)CC3)cc2C1=O. The van der Waals surface area contributed by atoms with Gasteiger partial charge in [-0.3, -0.25) is 4.79 Å². The van der Waals surface area contributed by atoms with E-state index in [4.69, 9.17) is 4.74 Å². The Morgan fingerprint density at radius 3 is 2.62 bits per heavy atom. The molecule has 1 amide bonds. The first kappa shape index (κ1) is 14.4. The molecule has 1 saturated heterocycles. The van der Waals surface area contributed by atoms with E-state index in [1.54, 1.807) is 0 Å². The number of piperidine rings is 1. The second-order valence-corrected chi connectivity index (χ2v) is 6.47. The average Bonchev–Trinajstić information content (AvgIpc) is 2.79. The highest BCUT2D eigenvalue weighted by Crippen LogP contribution is 2.29. The van der Waals surface area contributed by atoms with Gasteiger partial charge in [-0.2, -0.15) is 0 Å². The molecule has 2 heterocycles. The molecule has 1 aromatic rings. The summed E-state index contributed by atoms with van der Waals surface area (Å²) in [6, 6.07) is 6.22. The van der Waals surface area contributed by atoms with Crippen LogP contribution >= 0.6 is 0 Å². The first-order valence-electron chi connectivity index (χ1n) is 7.83. The van der Waals surface area contributed by atoms with Crippen LogP contribution in [0.15, 0.2) is 18.2 Å². The molecule has 4 nitrogen and oxygen atoms in total. The van der Waals surface area contributed by atoms with E-state index in [0.29, 0.717) is 0 Å². The normalized spacial score (nSPS) is 20.2. The number of rotatable bonds is 3. The highest BCUT2D eigenvalue weighted by Gasteiger charge is 2.29. The van der Waals surface area contributed by atoms with E-state index < -0.39 is 0 Å². The molecular weight excluding hydrogens is 264 g/mol. The minimum atomic E-state index is 0.133. The lowest BCUT2D eigenvalue weighted by molar-refractivity contribution is 0.0729. The van der Waals surface area contributed by atoms with Crippen LogP contribution in [-0.4, -0.2) is 48.0 Å². The lowest BCUT2D eigenvalue weighted by atomic mass is 10.1. The van der Waals surface area contributed by atoms with Gasteiger partial charge in [0.15, 0.2) is 0 Å². The predicted molar refractivity (Wildman–Crippen MR) is 82.6 cm³/mol. The van der Waals surface area contributed by atoms with Gasteiger partial charge in [-0.15, -0.1) is 0 Å². The molecule has 0 N–H and O–H groups in total. The maximum absolute atomic E-state index is 12.4. The summed E-state index contributed by atoms with van der Waals surface area (Å²) in [5, 5.41) is 0. The Balaban J connectivity index is 1.71. The lowest BCUT2D eigenvalue weighted by Crippen LogP contribution is -2.35. The molecule has 1 aromatic carbocycles. The quantitative estimate of drug-likeness (QED) is 0.857. The van der Waals surface area contributed by atoms with Gasteiger partial charge in [0.05, 0.1) is 0 Å². The van der Waals surface area contributed by atoms with Crippen LogP contribution in [0.3, 0.4) is 0 Å². The van der Waals surface area contributed by atoms with Crippen molar-refractivity contribution in [3.63, 3.8) is 0 Å². The summed E-state index contributed by atoms with van der Waals surface area (Å²) in [4.78, 5) is 16.6. The summed E-state index contributed by atoms with van der Waals surface area (Å²) >= 11 is 0. The molecule has 1 fully saturated rings. The van der Waals surface area contributed by atoms with Gasteiger partial charge >= 0.3 is 0 Å². The van der Waals surface area contributed by atoms with Gasteiger partial charge in [-0.05, 0) is 51.4 Å². The van der Waals surface area contributed by atoms with Gasteiger partial charge in [0, 0.05) is 31.2 Å². The number of carbonyl (C=O) groups is 1. The molecule has 0 aliphatic carbocycles. The summed E-state index contributed by atoms with van der Waals surface area (Å²) < 4.78 is 6.08. The number of hydrogen-bond acceptors (Lipinski definition) is 3. The molecule has 0 atom stereocenters. The second kappa shape index (κ2) is 5.68. The highest BCUT2D eigenvalue weighted by atomic mass is 16.5. The number of likely N-dealkylation sites (tertiary alicyclic amines) is 1. The zero-order chi connectivity index (χ0) is 15.0. The number of benzene rings is 1. The molecule has 0 aromatic heterocycles. The van der Waals surface area contributed by atoms with Crippen molar-refractivity contribution >= 4 is 5.91 Å². The van der Waals surface area contributed by atoms with Gasteiger partial charge in [0.1, 0.15) is 11.9 Å². The smallest absolute Gasteiger partial charge is 0.254 e. The zero-order valence-electron chi connectivity index (χ0n) is 13.1. The van der Waals surface area contributed by atoms with Crippen LogP contribution in [0.5, 0.6) is 5.75 Å². The molecule has 2 aliphatic rings. The van der Waals surface area contributed by atoms with E-state index in [0.717, 1.165) is 49.4 Å². The van der Waals surface area contributed by atoms with Gasteiger partial charge in [-0.1, -0.05) is 6.07 Å². The second-order valence-electron chi connectivity index (χ2n) is 6.47. The molecule has 21 heavy (non-hydrogen) atoms. The first-order chi connectivity index (χ1) is 10.0. The summed E-state index contributed by atoms with van der Waals surface area (Å²) in [5.74, 6) is 0.969. The maximum Gasteiger partial charge on any atom is 0.254 e. The molecule has 4 heteroatoms. The van der Waals surface area contributed by atoms with Crippen molar-refractivity contribution in [2.24, 2.45) is 0 Å². The molecule has 0 unspecified atom stereocenters. The standard InChI is InChI=1S/C17H24N2O2/c1-12(2)19-11-13-4-5-15(10-16(13)17(19)20)21-14-6-8-18(3)9-7-14/h4-5,10,12,14H,6-9,11H2,1-3H3. The Morgan fingerprint density at radius 2 is 1.95 bits per heavy atom. The van der Waals surface area contributed by atoms with Gasteiger partial charge in [-0.25, -0.2) is 0 Å². The van der Waals surface area contributed by atoms with Crippen LogP contribution in [0.1, 0.15) is 42.6 Å². The molecular formula is C17H24N2O2. The van der Waals surface area contributed by atoms with E-state index in [2.05, 4.69) is 25.8 Å². The molecule has 0 saturated carbocycles. The molecule has 3 rings (SSSR count). The zero-order valence-corrected chi connectivity index (χ0v) is 13.1. The largest absolute Gasteiger partial charge is 0.490 e. The Bertz CT molecular complexity index is 534. The Hall–Kier alpha value is -1.55. The number of ether oxygens (including phenoxy) is 1. The van der Waals surface area contributed by atoms with E-state index in [1.807, 2.05) is 23.1 Å². The molecule has 0 radical (unpaired) electrons. The van der Waals surface area contributed by atoms with Crippen molar-refractivity contribution in [3.05, 3.63) is 29.3 Å². The summed E-state index contributed by atoms with van der Waals surface area (Å²) in [7, 11) is 2.14. The van der Waals surface area contributed by atoms with Crippen molar-refractivity contribution in [2.75, 3.05) is 20.1 Å². The van der Waals surface area contributed by atoms with Crippen LogP contribution in [-0.2, 0) is 6.54 Å². The van der Waals surface area contributed by atoms with Crippen LogP contribution in [0.4, 0.5) is 0 Å². The minimum Gasteiger partial charge on any atom is -0.490 e. The van der Waals surface area contributed by atoms with Gasteiger partial charge in [0.25, 0.3) is 5.91 Å². The van der Waals surface area contributed by atoms with Crippen LogP contribution < -0.4 is 4.74 Å². The maximum atomic E-state index is 12.4.